The van der Waals surface area contributed by atoms with Crippen LogP contribution in [0.4, 0.5) is 5.95 Å². The van der Waals surface area contributed by atoms with E-state index in [1.165, 1.54) is 0 Å². The molecule has 0 fully saturated rings. The Hall–Kier alpha value is -1.27. The number of anilines is 1. The van der Waals surface area contributed by atoms with Crippen molar-refractivity contribution in [2.45, 2.75) is 26.8 Å². The van der Waals surface area contributed by atoms with Gasteiger partial charge >= 0.3 is 0 Å². The van der Waals surface area contributed by atoms with Gasteiger partial charge in [0, 0.05) is 19.3 Å². The van der Waals surface area contributed by atoms with Gasteiger partial charge in [-0.15, -0.1) is 0 Å². The van der Waals surface area contributed by atoms with Crippen molar-refractivity contribution in [2.24, 2.45) is 5.73 Å². The summed E-state index contributed by atoms with van der Waals surface area (Å²) >= 11 is 4.97. The van der Waals surface area contributed by atoms with Gasteiger partial charge in [0.1, 0.15) is 10.7 Å². The molecule has 1 atom stereocenters. The number of likely N-dealkylation sites (N-methyl/N-ethyl adjacent to an activating group) is 1. The predicted octanol–water partition coefficient (Wildman–Crippen LogP) is 1.28. The highest BCUT2D eigenvalue weighted by atomic mass is 32.1. The molecule has 0 aliphatic heterocycles. The number of rotatable bonds is 6. The average Bonchev–Trinajstić information content (AvgIpc) is 2.29. The van der Waals surface area contributed by atoms with Crippen molar-refractivity contribution >= 4 is 23.2 Å². The van der Waals surface area contributed by atoms with Crippen LogP contribution in [0.3, 0.4) is 0 Å². The highest BCUT2D eigenvalue weighted by Crippen LogP contribution is 2.13. The molecule has 1 unspecified atom stereocenters. The quantitative estimate of drug-likeness (QED) is 0.784. The smallest absolute Gasteiger partial charge is 0.226 e. The van der Waals surface area contributed by atoms with Crippen LogP contribution in [-0.4, -0.2) is 41.3 Å². The van der Waals surface area contributed by atoms with Gasteiger partial charge in [-0.2, -0.15) is 0 Å². The van der Waals surface area contributed by atoms with E-state index in [0.29, 0.717) is 18.2 Å². The molecule has 0 bridgehead atoms. The maximum absolute atomic E-state index is 5.63. The predicted molar refractivity (Wildman–Crippen MR) is 77.0 cm³/mol. The first-order chi connectivity index (χ1) is 8.49. The average molecular weight is 268 g/mol. The summed E-state index contributed by atoms with van der Waals surface area (Å²) in [5.41, 5.74) is 7.09. The first kappa shape index (κ1) is 14.8. The van der Waals surface area contributed by atoms with E-state index < -0.39 is 0 Å². The minimum Gasteiger partial charge on any atom is -0.388 e. The van der Waals surface area contributed by atoms with E-state index >= 15 is 0 Å². The van der Waals surface area contributed by atoms with Gasteiger partial charge < -0.3 is 15.4 Å². The number of hydrogen-bond donors (Lipinski definition) is 1. The molecule has 1 heterocycles. The van der Waals surface area contributed by atoms with Crippen LogP contribution in [0.1, 0.15) is 25.2 Å². The molecule has 0 saturated carbocycles. The second kappa shape index (κ2) is 6.61. The second-order valence-electron chi connectivity index (χ2n) is 4.15. The van der Waals surface area contributed by atoms with Crippen molar-refractivity contribution in [1.29, 1.82) is 0 Å². The summed E-state index contributed by atoms with van der Waals surface area (Å²) < 4.78 is 5.17. The number of nitrogens with zero attached hydrogens (tertiary/aromatic N) is 3. The molecule has 0 aliphatic carbocycles. The topological polar surface area (TPSA) is 64.3 Å². The van der Waals surface area contributed by atoms with E-state index in [4.69, 9.17) is 22.7 Å². The number of thiocarbonyl (C=S) groups is 1. The molecule has 0 saturated heterocycles. The summed E-state index contributed by atoms with van der Waals surface area (Å²) in [6, 6.07) is 1.99. The zero-order chi connectivity index (χ0) is 13.7. The van der Waals surface area contributed by atoms with Crippen LogP contribution in [-0.2, 0) is 4.74 Å². The Kier molecular flexibility index (Phi) is 5.43. The molecule has 6 heteroatoms. The maximum atomic E-state index is 5.63. The zero-order valence-electron chi connectivity index (χ0n) is 11.3. The third-order valence-electron chi connectivity index (χ3n) is 2.63. The SMILES string of the molecule is CCN(c1nc(C)cc(C(N)=S)n1)C(C)COC. The van der Waals surface area contributed by atoms with Crippen molar-refractivity contribution in [3.8, 4) is 0 Å². The zero-order valence-corrected chi connectivity index (χ0v) is 12.1. The molecule has 0 aromatic carbocycles. The number of methoxy groups -OCH3 is 1. The van der Waals surface area contributed by atoms with Gasteiger partial charge in [-0.3, -0.25) is 0 Å². The van der Waals surface area contributed by atoms with E-state index in [1.807, 2.05) is 6.92 Å². The standard InChI is InChI=1S/C12H20N4OS/c1-5-16(9(3)7-17-4)12-14-8(2)6-10(15-12)11(13)18/h6,9H,5,7H2,1-4H3,(H2,13,18). The van der Waals surface area contributed by atoms with Crippen molar-refractivity contribution in [1.82, 2.24) is 9.97 Å². The van der Waals surface area contributed by atoms with Crippen LogP contribution in [0.25, 0.3) is 0 Å². The van der Waals surface area contributed by atoms with E-state index in [9.17, 15) is 0 Å². The minimum absolute atomic E-state index is 0.195. The van der Waals surface area contributed by atoms with Gasteiger partial charge in [0.25, 0.3) is 0 Å². The van der Waals surface area contributed by atoms with Crippen LogP contribution in [0.15, 0.2) is 6.07 Å². The summed E-state index contributed by atoms with van der Waals surface area (Å²) in [5.74, 6) is 0.643. The molecule has 18 heavy (non-hydrogen) atoms. The summed E-state index contributed by atoms with van der Waals surface area (Å²) in [7, 11) is 1.68. The molecule has 5 nitrogen and oxygen atoms in total. The van der Waals surface area contributed by atoms with E-state index in [2.05, 4.69) is 28.7 Å². The fraction of sp³-hybridized carbons (Fsp3) is 0.583. The third-order valence-corrected chi connectivity index (χ3v) is 2.84. The minimum atomic E-state index is 0.195. The van der Waals surface area contributed by atoms with Crippen LogP contribution in [0.5, 0.6) is 0 Å². The molecule has 0 radical (unpaired) electrons. The number of nitrogens with two attached hydrogens (primary N) is 1. The van der Waals surface area contributed by atoms with Gasteiger partial charge in [-0.1, -0.05) is 12.2 Å². The molecule has 1 aromatic rings. The molecule has 0 spiro atoms. The highest BCUT2D eigenvalue weighted by Gasteiger charge is 2.16. The number of ether oxygens (including phenoxy) is 1. The molecular weight excluding hydrogens is 248 g/mol. The number of aromatic nitrogens is 2. The van der Waals surface area contributed by atoms with Gasteiger partial charge in [0.15, 0.2) is 0 Å². The number of aryl methyl sites for hydroxylation is 1. The van der Waals surface area contributed by atoms with Crippen molar-refractivity contribution in [3.05, 3.63) is 17.5 Å². The molecule has 1 rings (SSSR count). The van der Waals surface area contributed by atoms with Gasteiger partial charge in [0.2, 0.25) is 5.95 Å². The van der Waals surface area contributed by atoms with E-state index in [-0.39, 0.29) is 11.0 Å². The highest BCUT2D eigenvalue weighted by molar-refractivity contribution is 7.80. The van der Waals surface area contributed by atoms with E-state index in [1.54, 1.807) is 13.2 Å². The lowest BCUT2D eigenvalue weighted by Crippen LogP contribution is -2.37. The molecule has 100 valence electrons. The largest absolute Gasteiger partial charge is 0.388 e. The lowest BCUT2D eigenvalue weighted by atomic mass is 10.3. The van der Waals surface area contributed by atoms with Crippen LogP contribution < -0.4 is 10.6 Å². The lowest BCUT2D eigenvalue weighted by Gasteiger charge is -2.27. The summed E-state index contributed by atoms with van der Waals surface area (Å²) in [4.78, 5) is 11.2. The van der Waals surface area contributed by atoms with E-state index in [0.717, 1.165) is 12.2 Å². The Morgan fingerprint density at radius 2 is 2.22 bits per heavy atom. The Morgan fingerprint density at radius 1 is 1.56 bits per heavy atom. The second-order valence-corrected chi connectivity index (χ2v) is 4.59. The van der Waals surface area contributed by atoms with Crippen molar-refractivity contribution < 1.29 is 4.74 Å². The summed E-state index contributed by atoms with van der Waals surface area (Å²) in [6.07, 6.45) is 0. The Bertz CT molecular complexity index is 425. The summed E-state index contributed by atoms with van der Waals surface area (Å²) in [5, 5.41) is 0. The van der Waals surface area contributed by atoms with Crippen LogP contribution >= 0.6 is 12.2 Å². The normalized spacial score (nSPS) is 12.2. The van der Waals surface area contributed by atoms with Crippen molar-refractivity contribution in [2.75, 3.05) is 25.2 Å². The first-order valence-corrected chi connectivity index (χ1v) is 6.31. The Morgan fingerprint density at radius 3 is 2.72 bits per heavy atom. The maximum Gasteiger partial charge on any atom is 0.226 e. The van der Waals surface area contributed by atoms with Crippen molar-refractivity contribution in [3.63, 3.8) is 0 Å². The van der Waals surface area contributed by atoms with Gasteiger partial charge in [0.05, 0.1) is 12.6 Å². The Labute approximate surface area is 113 Å². The van der Waals surface area contributed by atoms with Gasteiger partial charge in [-0.25, -0.2) is 9.97 Å². The molecule has 1 aromatic heterocycles. The Balaban J connectivity index is 3.09. The number of hydrogen-bond acceptors (Lipinski definition) is 5. The monoisotopic (exact) mass is 268 g/mol. The fourth-order valence-electron chi connectivity index (χ4n) is 1.79. The van der Waals surface area contributed by atoms with Crippen LogP contribution in [0, 0.1) is 6.92 Å². The lowest BCUT2D eigenvalue weighted by molar-refractivity contribution is 0.181. The third kappa shape index (κ3) is 3.61. The molecule has 2 N–H and O–H groups in total. The summed E-state index contributed by atoms with van der Waals surface area (Å²) in [6.45, 7) is 7.44. The molecular formula is C12H20N4OS. The van der Waals surface area contributed by atoms with Gasteiger partial charge in [-0.05, 0) is 26.8 Å². The molecule has 0 amide bonds. The fourth-order valence-corrected chi connectivity index (χ4v) is 1.89. The first-order valence-electron chi connectivity index (χ1n) is 5.90. The van der Waals surface area contributed by atoms with Crippen LogP contribution in [0.2, 0.25) is 0 Å². The molecule has 0 aliphatic rings.